The second-order valence-corrected chi connectivity index (χ2v) is 4.99. The lowest BCUT2D eigenvalue weighted by molar-refractivity contribution is -0.117. The van der Waals surface area contributed by atoms with Gasteiger partial charge in [-0.15, -0.1) is 0 Å². The lowest BCUT2D eigenvalue weighted by Gasteiger charge is -2.15. The van der Waals surface area contributed by atoms with Crippen molar-refractivity contribution in [1.82, 2.24) is 4.98 Å². The summed E-state index contributed by atoms with van der Waals surface area (Å²) < 4.78 is 0.869. The van der Waals surface area contributed by atoms with Crippen LogP contribution in [0.4, 0.5) is 5.82 Å². The zero-order valence-corrected chi connectivity index (χ0v) is 10.7. The number of halogens is 2. The van der Waals surface area contributed by atoms with Crippen LogP contribution in [0.1, 0.15) is 6.42 Å². The first-order chi connectivity index (χ1) is 7.08. The molecule has 6 heteroatoms. The zero-order valence-electron chi connectivity index (χ0n) is 7.78. The van der Waals surface area contributed by atoms with Crippen LogP contribution >= 0.6 is 34.2 Å². The van der Waals surface area contributed by atoms with Crippen LogP contribution in [0.5, 0.6) is 0 Å². The molecule has 1 saturated heterocycles. The van der Waals surface area contributed by atoms with Crippen LogP contribution < -0.4 is 10.6 Å². The maximum atomic E-state index is 11.5. The molecule has 15 heavy (non-hydrogen) atoms. The second-order valence-electron chi connectivity index (χ2n) is 3.43. The molecule has 1 aromatic heterocycles. The lowest BCUT2D eigenvalue weighted by atomic mass is 10.3. The molecule has 1 unspecified atom stereocenters. The van der Waals surface area contributed by atoms with E-state index in [0.29, 0.717) is 23.8 Å². The molecule has 2 rings (SSSR count). The molecular weight excluding hydrogens is 328 g/mol. The van der Waals surface area contributed by atoms with Crippen molar-refractivity contribution >= 4 is 45.9 Å². The Bertz CT molecular complexity index is 412. The van der Waals surface area contributed by atoms with Gasteiger partial charge in [-0.3, -0.25) is 9.69 Å². The van der Waals surface area contributed by atoms with Crippen molar-refractivity contribution in [1.29, 1.82) is 0 Å². The highest BCUT2D eigenvalue weighted by Crippen LogP contribution is 2.24. The Morgan fingerprint density at radius 1 is 1.67 bits per heavy atom. The number of carbonyl (C=O) groups excluding carboxylic acids is 1. The molecule has 2 N–H and O–H groups in total. The molecule has 1 atom stereocenters. The van der Waals surface area contributed by atoms with Gasteiger partial charge >= 0.3 is 0 Å². The molecule has 0 aliphatic carbocycles. The number of pyridine rings is 1. The van der Waals surface area contributed by atoms with Crippen LogP contribution in [0.15, 0.2) is 12.3 Å². The van der Waals surface area contributed by atoms with Crippen molar-refractivity contribution in [3.63, 3.8) is 0 Å². The maximum Gasteiger partial charge on any atom is 0.229 e. The average Bonchev–Trinajstić information content (AvgIpc) is 2.50. The standard InChI is InChI=1S/C9H9ClIN3O/c10-6-2-8(13-3-7(6)11)14-4-5(12)1-9(14)15/h2-3,5H,1,4,12H2. The minimum absolute atomic E-state index is 0.00674. The van der Waals surface area contributed by atoms with Gasteiger partial charge in [-0.05, 0) is 22.6 Å². The quantitative estimate of drug-likeness (QED) is 0.788. The van der Waals surface area contributed by atoms with Crippen molar-refractivity contribution in [3.05, 3.63) is 20.9 Å². The Kier molecular flexibility index (Phi) is 3.13. The molecule has 1 fully saturated rings. The zero-order chi connectivity index (χ0) is 11.0. The van der Waals surface area contributed by atoms with Crippen molar-refractivity contribution < 1.29 is 4.79 Å². The Hall–Kier alpha value is -0.400. The van der Waals surface area contributed by atoms with Gasteiger partial charge in [0.05, 0.1) is 8.59 Å². The van der Waals surface area contributed by atoms with Gasteiger partial charge in [0.15, 0.2) is 0 Å². The number of aromatic nitrogens is 1. The van der Waals surface area contributed by atoms with Crippen LogP contribution in [0.25, 0.3) is 0 Å². The molecule has 80 valence electrons. The summed E-state index contributed by atoms with van der Waals surface area (Å²) in [5, 5.41) is 0.605. The normalized spacial score (nSPS) is 21.1. The van der Waals surface area contributed by atoms with Crippen LogP contribution in [0, 0.1) is 3.57 Å². The number of hydrogen-bond acceptors (Lipinski definition) is 3. The minimum atomic E-state index is -0.0997. The van der Waals surface area contributed by atoms with E-state index in [2.05, 4.69) is 27.6 Å². The van der Waals surface area contributed by atoms with Crippen molar-refractivity contribution in [2.24, 2.45) is 5.73 Å². The Labute approximate surface area is 106 Å². The summed E-state index contributed by atoms with van der Waals surface area (Å²) in [6.07, 6.45) is 2.03. The molecule has 0 aromatic carbocycles. The van der Waals surface area contributed by atoms with Gasteiger partial charge in [-0.2, -0.15) is 0 Å². The fraction of sp³-hybridized carbons (Fsp3) is 0.333. The SMILES string of the molecule is NC1CC(=O)N(c2cc(Cl)c(I)cn2)C1. The summed E-state index contributed by atoms with van der Waals surface area (Å²) in [4.78, 5) is 17.3. The molecule has 1 aromatic rings. The predicted molar refractivity (Wildman–Crippen MR) is 66.9 cm³/mol. The van der Waals surface area contributed by atoms with Gasteiger partial charge in [-0.1, -0.05) is 11.6 Å². The summed E-state index contributed by atoms with van der Waals surface area (Å²) >= 11 is 8.05. The summed E-state index contributed by atoms with van der Waals surface area (Å²) in [5.41, 5.74) is 5.70. The number of rotatable bonds is 1. The molecule has 0 spiro atoms. The highest BCUT2D eigenvalue weighted by molar-refractivity contribution is 14.1. The van der Waals surface area contributed by atoms with E-state index in [4.69, 9.17) is 17.3 Å². The van der Waals surface area contributed by atoms with Crippen LogP contribution in [-0.4, -0.2) is 23.5 Å². The molecule has 0 bridgehead atoms. The van der Waals surface area contributed by atoms with E-state index in [0.717, 1.165) is 3.57 Å². The number of hydrogen-bond donors (Lipinski definition) is 1. The van der Waals surface area contributed by atoms with E-state index in [1.807, 2.05) is 0 Å². The van der Waals surface area contributed by atoms with E-state index in [-0.39, 0.29) is 11.9 Å². The first kappa shape index (κ1) is 11.1. The number of anilines is 1. The Balaban J connectivity index is 2.30. The summed E-state index contributed by atoms with van der Waals surface area (Å²) in [6.45, 7) is 0.517. The van der Waals surface area contributed by atoms with Crippen LogP contribution in [0.3, 0.4) is 0 Å². The summed E-state index contributed by atoms with van der Waals surface area (Å²) in [7, 11) is 0. The summed E-state index contributed by atoms with van der Waals surface area (Å²) in [6, 6.07) is 1.59. The molecule has 0 radical (unpaired) electrons. The predicted octanol–water partition coefficient (Wildman–Crippen LogP) is 1.40. The largest absolute Gasteiger partial charge is 0.326 e. The van der Waals surface area contributed by atoms with E-state index in [1.54, 1.807) is 17.2 Å². The van der Waals surface area contributed by atoms with Crippen molar-refractivity contribution in [3.8, 4) is 0 Å². The molecule has 4 nitrogen and oxygen atoms in total. The fourth-order valence-electron chi connectivity index (χ4n) is 1.51. The van der Waals surface area contributed by atoms with E-state index >= 15 is 0 Å². The van der Waals surface area contributed by atoms with Crippen LogP contribution in [0.2, 0.25) is 5.02 Å². The number of nitrogens with two attached hydrogens (primary N) is 1. The van der Waals surface area contributed by atoms with Crippen LogP contribution in [-0.2, 0) is 4.79 Å². The average molecular weight is 338 g/mol. The molecule has 2 heterocycles. The Morgan fingerprint density at radius 3 is 2.93 bits per heavy atom. The third-order valence-corrected chi connectivity index (χ3v) is 3.72. The van der Waals surface area contributed by atoms with Crippen molar-refractivity contribution in [2.75, 3.05) is 11.4 Å². The fourth-order valence-corrected chi connectivity index (χ4v) is 1.95. The summed E-state index contributed by atoms with van der Waals surface area (Å²) in [5.74, 6) is 0.589. The van der Waals surface area contributed by atoms with Crippen molar-refractivity contribution in [2.45, 2.75) is 12.5 Å². The highest BCUT2D eigenvalue weighted by atomic mass is 127. The number of nitrogens with zero attached hydrogens (tertiary/aromatic N) is 2. The van der Waals surface area contributed by atoms with Gasteiger partial charge in [-0.25, -0.2) is 4.98 Å². The third-order valence-electron chi connectivity index (χ3n) is 2.23. The maximum absolute atomic E-state index is 11.5. The first-order valence-corrected chi connectivity index (χ1v) is 5.90. The molecule has 1 aliphatic rings. The molecule has 0 saturated carbocycles. The minimum Gasteiger partial charge on any atom is -0.326 e. The first-order valence-electron chi connectivity index (χ1n) is 4.45. The van der Waals surface area contributed by atoms with Gasteiger partial charge in [0.2, 0.25) is 5.91 Å². The second kappa shape index (κ2) is 4.23. The number of amides is 1. The van der Waals surface area contributed by atoms with Gasteiger partial charge < -0.3 is 5.73 Å². The smallest absolute Gasteiger partial charge is 0.229 e. The van der Waals surface area contributed by atoms with Gasteiger partial charge in [0, 0.05) is 31.3 Å². The third kappa shape index (κ3) is 2.24. The van der Waals surface area contributed by atoms with E-state index in [1.165, 1.54) is 0 Å². The number of carbonyl (C=O) groups is 1. The molecule has 1 aliphatic heterocycles. The van der Waals surface area contributed by atoms with E-state index < -0.39 is 0 Å². The monoisotopic (exact) mass is 337 g/mol. The topological polar surface area (TPSA) is 59.2 Å². The highest BCUT2D eigenvalue weighted by Gasteiger charge is 2.29. The van der Waals surface area contributed by atoms with E-state index in [9.17, 15) is 4.79 Å². The molecular formula is C9H9ClIN3O. The molecule has 1 amide bonds. The van der Waals surface area contributed by atoms with Gasteiger partial charge in [0.25, 0.3) is 0 Å². The Morgan fingerprint density at radius 2 is 2.40 bits per heavy atom. The van der Waals surface area contributed by atoms with Gasteiger partial charge in [0.1, 0.15) is 5.82 Å². The lowest BCUT2D eigenvalue weighted by Crippen LogP contribution is -2.28.